The van der Waals surface area contributed by atoms with Gasteiger partial charge in [-0.3, -0.25) is 4.68 Å². The van der Waals surface area contributed by atoms with Crippen LogP contribution in [0.2, 0.25) is 5.02 Å². The zero-order chi connectivity index (χ0) is 13.1. The van der Waals surface area contributed by atoms with E-state index in [2.05, 4.69) is 15.6 Å². The van der Waals surface area contributed by atoms with Gasteiger partial charge in [0.15, 0.2) is 0 Å². The lowest BCUT2D eigenvalue weighted by Gasteiger charge is -2.07. The first-order valence-electron chi connectivity index (χ1n) is 5.18. The quantitative estimate of drug-likeness (QED) is 0.882. The zero-order valence-electron chi connectivity index (χ0n) is 9.59. The van der Waals surface area contributed by atoms with Gasteiger partial charge in [-0.1, -0.05) is 16.8 Å². The summed E-state index contributed by atoms with van der Waals surface area (Å²) in [6, 6.07) is 4.77. The van der Waals surface area contributed by atoms with Crippen LogP contribution in [0, 0.1) is 0 Å². The topological polar surface area (TPSA) is 80.0 Å². The third-order valence-corrected chi connectivity index (χ3v) is 2.81. The maximum absolute atomic E-state index is 10.9. The summed E-state index contributed by atoms with van der Waals surface area (Å²) in [6.45, 7) is 0.504. The number of anilines is 1. The summed E-state index contributed by atoms with van der Waals surface area (Å²) in [5, 5.41) is 19.8. The van der Waals surface area contributed by atoms with E-state index in [1.807, 2.05) is 0 Å². The maximum Gasteiger partial charge on any atom is 0.337 e. The Bertz CT molecular complexity index is 582. The van der Waals surface area contributed by atoms with Crippen LogP contribution in [0.15, 0.2) is 24.4 Å². The summed E-state index contributed by atoms with van der Waals surface area (Å²) in [7, 11) is 1.79. The average Bonchev–Trinajstić information content (AvgIpc) is 2.73. The van der Waals surface area contributed by atoms with Gasteiger partial charge in [-0.2, -0.15) is 0 Å². The molecule has 0 amide bonds. The Hall–Kier alpha value is -2.08. The SMILES string of the molecule is Cn1nncc1CNc1ccc(Cl)c(C(=O)O)c1. The predicted molar refractivity (Wildman–Crippen MR) is 66.7 cm³/mol. The predicted octanol–water partition coefficient (Wildman–Crippen LogP) is 1.78. The van der Waals surface area contributed by atoms with Gasteiger partial charge < -0.3 is 10.4 Å². The molecule has 2 rings (SSSR count). The van der Waals surface area contributed by atoms with Crippen molar-refractivity contribution in [1.82, 2.24) is 15.0 Å². The van der Waals surface area contributed by atoms with Crippen molar-refractivity contribution in [2.45, 2.75) is 6.54 Å². The lowest BCUT2D eigenvalue weighted by atomic mass is 10.2. The van der Waals surface area contributed by atoms with Crippen LogP contribution in [0.25, 0.3) is 0 Å². The van der Waals surface area contributed by atoms with E-state index in [0.29, 0.717) is 12.2 Å². The lowest BCUT2D eigenvalue weighted by molar-refractivity contribution is 0.0697. The van der Waals surface area contributed by atoms with Gasteiger partial charge in [0, 0.05) is 12.7 Å². The molecule has 0 unspecified atom stereocenters. The summed E-state index contributed by atoms with van der Waals surface area (Å²) in [6.07, 6.45) is 1.64. The van der Waals surface area contributed by atoms with Crippen molar-refractivity contribution in [1.29, 1.82) is 0 Å². The number of halogens is 1. The molecule has 0 atom stereocenters. The normalized spacial score (nSPS) is 10.3. The Balaban J connectivity index is 2.13. The van der Waals surface area contributed by atoms with E-state index in [9.17, 15) is 4.79 Å². The number of nitrogens with one attached hydrogen (secondary N) is 1. The average molecular weight is 267 g/mol. The highest BCUT2D eigenvalue weighted by Gasteiger charge is 2.09. The fourth-order valence-electron chi connectivity index (χ4n) is 1.46. The Morgan fingerprint density at radius 1 is 1.56 bits per heavy atom. The van der Waals surface area contributed by atoms with Crippen LogP contribution in [-0.2, 0) is 13.6 Å². The molecule has 2 aromatic rings. The van der Waals surface area contributed by atoms with Crippen LogP contribution in [0.3, 0.4) is 0 Å². The molecule has 1 aromatic heterocycles. The van der Waals surface area contributed by atoms with E-state index in [1.165, 1.54) is 6.07 Å². The second-order valence-electron chi connectivity index (χ2n) is 3.70. The highest BCUT2D eigenvalue weighted by Crippen LogP contribution is 2.20. The molecule has 0 bridgehead atoms. The van der Waals surface area contributed by atoms with E-state index in [1.54, 1.807) is 30.1 Å². The minimum atomic E-state index is -1.05. The van der Waals surface area contributed by atoms with E-state index < -0.39 is 5.97 Å². The standard InChI is InChI=1S/C11H11ClN4O2/c1-16-8(6-14-15-16)5-13-7-2-3-10(12)9(4-7)11(17)18/h2-4,6,13H,5H2,1H3,(H,17,18). The summed E-state index contributed by atoms with van der Waals surface area (Å²) < 4.78 is 1.64. The number of carbonyl (C=O) groups is 1. The van der Waals surface area contributed by atoms with E-state index in [4.69, 9.17) is 16.7 Å². The van der Waals surface area contributed by atoms with Gasteiger partial charge >= 0.3 is 5.97 Å². The number of rotatable bonds is 4. The molecular weight excluding hydrogens is 256 g/mol. The highest BCUT2D eigenvalue weighted by molar-refractivity contribution is 6.33. The minimum absolute atomic E-state index is 0.0739. The number of carboxylic acid groups (broad SMARTS) is 1. The van der Waals surface area contributed by atoms with Crippen LogP contribution < -0.4 is 5.32 Å². The maximum atomic E-state index is 10.9. The fraction of sp³-hybridized carbons (Fsp3) is 0.182. The van der Waals surface area contributed by atoms with Crippen LogP contribution >= 0.6 is 11.6 Å². The molecule has 0 radical (unpaired) electrons. The van der Waals surface area contributed by atoms with Gasteiger partial charge in [0.25, 0.3) is 0 Å². The second-order valence-corrected chi connectivity index (χ2v) is 4.11. The molecule has 6 nitrogen and oxygen atoms in total. The second kappa shape index (κ2) is 5.05. The van der Waals surface area contributed by atoms with Crippen LogP contribution in [0.1, 0.15) is 16.1 Å². The Labute approximate surface area is 108 Å². The van der Waals surface area contributed by atoms with Crippen molar-refractivity contribution in [3.05, 3.63) is 40.7 Å². The molecule has 0 saturated carbocycles. The summed E-state index contributed by atoms with van der Waals surface area (Å²) in [5.41, 5.74) is 1.64. The third-order valence-electron chi connectivity index (χ3n) is 2.48. The first-order chi connectivity index (χ1) is 8.58. The number of aromatic carboxylic acids is 1. The molecule has 7 heteroatoms. The molecule has 0 fully saturated rings. The first kappa shape index (κ1) is 12.4. The molecule has 0 saturated heterocycles. The first-order valence-corrected chi connectivity index (χ1v) is 5.56. The highest BCUT2D eigenvalue weighted by atomic mass is 35.5. The van der Waals surface area contributed by atoms with Gasteiger partial charge in [0.05, 0.1) is 29.0 Å². The molecule has 94 valence electrons. The number of hydrogen-bond donors (Lipinski definition) is 2. The number of carboxylic acids is 1. The van der Waals surface area contributed by atoms with Crippen molar-refractivity contribution >= 4 is 23.3 Å². The zero-order valence-corrected chi connectivity index (χ0v) is 10.3. The van der Waals surface area contributed by atoms with Crippen molar-refractivity contribution < 1.29 is 9.90 Å². The molecule has 0 aliphatic carbocycles. The largest absolute Gasteiger partial charge is 0.478 e. The Morgan fingerprint density at radius 3 is 2.94 bits per heavy atom. The number of aromatic nitrogens is 3. The molecule has 1 heterocycles. The summed E-state index contributed by atoms with van der Waals surface area (Å²) >= 11 is 5.78. The Morgan fingerprint density at radius 2 is 2.33 bits per heavy atom. The number of hydrogen-bond acceptors (Lipinski definition) is 4. The monoisotopic (exact) mass is 266 g/mol. The van der Waals surface area contributed by atoms with Crippen molar-refractivity contribution in [2.75, 3.05) is 5.32 Å². The molecule has 0 aliphatic rings. The third kappa shape index (κ3) is 2.60. The molecule has 18 heavy (non-hydrogen) atoms. The van der Waals surface area contributed by atoms with E-state index in [0.717, 1.165) is 5.69 Å². The minimum Gasteiger partial charge on any atom is -0.478 e. The molecule has 0 aliphatic heterocycles. The lowest BCUT2D eigenvalue weighted by Crippen LogP contribution is -2.06. The number of benzene rings is 1. The van der Waals surface area contributed by atoms with Crippen molar-refractivity contribution in [3.8, 4) is 0 Å². The van der Waals surface area contributed by atoms with E-state index >= 15 is 0 Å². The van der Waals surface area contributed by atoms with Crippen LogP contribution in [0.4, 0.5) is 5.69 Å². The van der Waals surface area contributed by atoms with Crippen molar-refractivity contribution in [2.24, 2.45) is 7.05 Å². The fourth-order valence-corrected chi connectivity index (χ4v) is 1.66. The molecule has 1 aromatic carbocycles. The Kier molecular flexibility index (Phi) is 3.47. The van der Waals surface area contributed by atoms with Gasteiger partial charge in [0.2, 0.25) is 0 Å². The molecule has 2 N–H and O–H groups in total. The van der Waals surface area contributed by atoms with Gasteiger partial charge in [-0.05, 0) is 18.2 Å². The number of aryl methyl sites for hydroxylation is 1. The summed E-state index contributed by atoms with van der Waals surface area (Å²) in [5.74, 6) is -1.05. The van der Waals surface area contributed by atoms with Gasteiger partial charge in [0.1, 0.15) is 0 Å². The summed E-state index contributed by atoms with van der Waals surface area (Å²) in [4.78, 5) is 10.9. The molecule has 0 spiro atoms. The van der Waals surface area contributed by atoms with Crippen LogP contribution in [0.5, 0.6) is 0 Å². The van der Waals surface area contributed by atoms with E-state index in [-0.39, 0.29) is 10.6 Å². The smallest absolute Gasteiger partial charge is 0.337 e. The van der Waals surface area contributed by atoms with Gasteiger partial charge in [-0.15, -0.1) is 5.10 Å². The van der Waals surface area contributed by atoms with Crippen LogP contribution in [-0.4, -0.2) is 26.1 Å². The van der Waals surface area contributed by atoms with Gasteiger partial charge in [-0.25, -0.2) is 4.79 Å². The number of nitrogens with zero attached hydrogens (tertiary/aromatic N) is 3. The molecular formula is C11H11ClN4O2. The van der Waals surface area contributed by atoms with Crippen molar-refractivity contribution in [3.63, 3.8) is 0 Å².